The van der Waals surface area contributed by atoms with Crippen molar-refractivity contribution in [1.82, 2.24) is 10.2 Å². The van der Waals surface area contributed by atoms with Crippen molar-refractivity contribution < 1.29 is 4.79 Å². The fourth-order valence-electron chi connectivity index (χ4n) is 4.15. The van der Waals surface area contributed by atoms with Gasteiger partial charge in [-0.25, -0.2) is 4.79 Å². The molecule has 0 atom stereocenters. The van der Waals surface area contributed by atoms with Crippen LogP contribution in [0.4, 0.5) is 4.79 Å². The van der Waals surface area contributed by atoms with Crippen molar-refractivity contribution in [3.63, 3.8) is 0 Å². The van der Waals surface area contributed by atoms with Crippen molar-refractivity contribution >= 4 is 17.6 Å². The molecule has 24 heavy (non-hydrogen) atoms. The Hall–Kier alpha value is -1.22. The molecular weight excluding hydrogens is 320 g/mol. The lowest BCUT2D eigenvalue weighted by Crippen LogP contribution is -2.53. The topological polar surface area (TPSA) is 32.3 Å². The number of piperidine rings is 1. The standard InChI is InChI=1S/C20H29ClN2O/c1-19(2,13-16-6-3-7-17(21)12-16)14-22-18(24)23-11-5-10-20(15-23)8-4-9-20/h3,6-7,12H,4-5,8-11,13-15H2,1-2H3,(H,22,24). The first kappa shape index (κ1) is 17.6. The highest BCUT2D eigenvalue weighted by atomic mass is 35.5. The summed E-state index contributed by atoms with van der Waals surface area (Å²) in [5.41, 5.74) is 1.67. The zero-order valence-electron chi connectivity index (χ0n) is 14.9. The van der Waals surface area contributed by atoms with Gasteiger partial charge in [0.25, 0.3) is 0 Å². The predicted octanol–water partition coefficient (Wildman–Crippen LogP) is 4.88. The van der Waals surface area contributed by atoms with Crippen LogP contribution in [-0.4, -0.2) is 30.6 Å². The number of rotatable bonds is 4. The minimum atomic E-state index is 0.00425. The first-order valence-corrected chi connectivity index (χ1v) is 9.53. The van der Waals surface area contributed by atoms with Gasteiger partial charge in [0, 0.05) is 24.7 Å². The molecule has 1 saturated carbocycles. The third kappa shape index (κ3) is 4.24. The van der Waals surface area contributed by atoms with Gasteiger partial charge in [-0.2, -0.15) is 0 Å². The minimum Gasteiger partial charge on any atom is -0.337 e. The SMILES string of the molecule is CC(C)(CNC(=O)N1CCCC2(CCC2)C1)Cc1cccc(Cl)c1. The molecule has 2 amide bonds. The summed E-state index contributed by atoms with van der Waals surface area (Å²) in [5, 5.41) is 3.94. The molecule has 2 fully saturated rings. The van der Waals surface area contributed by atoms with Gasteiger partial charge in [0.05, 0.1) is 0 Å². The molecule has 3 rings (SSSR count). The average molecular weight is 349 g/mol. The van der Waals surface area contributed by atoms with Gasteiger partial charge in [0.1, 0.15) is 0 Å². The van der Waals surface area contributed by atoms with Crippen LogP contribution < -0.4 is 5.32 Å². The highest BCUT2D eigenvalue weighted by Gasteiger charge is 2.41. The molecule has 0 bridgehead atoms. The van der Waals surface area contributed by atoms with E-state index in [0.29, 0.717) is 12.0 Å². The summed E-state index contributed by atoms with van der Waals surface area (Å²) < 4.78 is 0. The largest absolute Gasteiger partial charge is 0.337 e. The van der Waals surface area contributed by atoms with Crippen molar-refractivity contribution in [3.05, 3.63) is 34.9 Å². The molecular formula is C20H29ClN2O. The zero-order valence-corrected chi connectivity index (χ0v) is 15.7. The van der Waals surface area contributed by atoms with Gasteiger partial charge in [0.15, 0.2) is 0 Å². The van der Waals surface area contributed by atoms with Gasteiger partial charge in [-0.1, -0.05) is 44.0 Å². The van der Waals surface area contributed by atoms with Crippen molar-refractivity contribution in [2.75, 3.05) is 19.6 Å². The van der Waals surface area contributed by atoms with Crippen LogP contribution in [-0.2, 0) is 6.42 Å². The molecule has 2 aliphatic rings. The van der Waals surface area contributed by atoms with E-state index >= 15 is 0 Å². The van der Waals surface area contributed by atoms with Gasteiger partial charge in [-0.3, -0.25) is 0 Å². The van der Waals surface area contributed by atoms with Crippen LogP contribution in [0.5, 0.6) is 0 Å². The van der Waals surface area contributed by atoms with E-state index in [0.717, 1.165) is 31.0 Å². The van der Waals surface area contributed by atoms with Crippen molar-refractivity contribution in [2.45, 2.75) is 52.4 Å². The first-order chi connectivity index (χ1) is 11.4. The third-order valence-corrected chi connectivity index (χ3v) is 5.89. The number of halogens is 1. The van der Waals surface area contributed by atoms with Crippen LogP contribution in [0.25, 0.3) is 0 Å². The Morgan fingerprint density at radius 3 is 2.71 bits per heavy atom. The molecule has 0 radical (unpaired) electrons. The van der Waals surface area contributed by atoms with Gasteiger partial charge >= 0.3 is 6.03 Å². The molecule has 1 aromatic carbocycles. The van der Waals surface area contributed by atoms with Crippen LogP contribution in [0, 0.1) is 10.8 Å². The normalized spacial score (nSPS) is 19.9. The van der Waals surface area contributed by atoms with Gasteiger partial charge in [-0.05, 0) is 60.6 Å². The molecule has 1 saturated heterocycles. The number of carbonyl (C=O) groups excluding carboxylic acids is 1. The maximum atomic E-state index is 12.6. The smallest absolute Gasteiger partial charge is 0.317 e. The lowest BCUT2D eigenvalue weighted by molar-refractivity contribution is 0.0364. The van der Waals surface area contributed by atoms with Crippen LogP contribution >= 0.6 is 11.6 Å². The second-order valence-electron chi connectivity index (χ2n) is 8.51. The summed E-state index contributed by atoms with van der Waals surface area (Å²) in [6, 6.07) is 8.10. The Kier molecular flexibility index (Phi) is 5.10. The van der Waals surface area contributed by atoms with Crippen LogP contribution in [0.2, 0.25) is 5.02 Å². The average Bonchev–Trinajstić information content (AvgIpc) is 2.51. The number of hydrogen-bond acceptors (Lipinski definition) is 1. The number of carbonyl (C=O) groups is 1. The monoisotopic (exact) mass is 348 g/mol. The summed E-state index contributed by atoms with van der Waals surface area (Å²) in [6.45, 7) is 6.92. The molecule has 1 heterocycles. The molecule has 4 heteroatoms. The molecule has 1 N–H and O–H groups in total. The van der Waals surface area contributed by atoms with E-state index in [1.165, 1.54) is 31.2 Å². The van der Waals surface area contributed by atoms with E-state index in [9.17, 15) is 4.79 Å². The number of nitrogens with zero attached hydrogens (tertiary/aromatic N) is 1. The number of amides is 2. The summed E-state index contributed by atoms with van der Waals surface area (Å²) in [4.78, 5) is 14.6. The molecule has 0 unspecified atom stereocenters. The van der Waals surface area contributed by atoms with Gasteiger partial charge < -0.3 is 10.2 Å². The molecule has 0 aromatic heterocycles. The van der Waals surface area contributed by atoms with Crippen LogP contribution in [0.15, 0.2) is 24.3 Å². The second kappa shape index (κ2) is 6.95. The Labute approximate surface area is 150 Å². The maximum absolute atomic E-state index is 12.6. The Bertz CT molecular complexity index is 595. The highest BCUT2D eigenvalue weighted by molar-refractivity contribution is 6.30. The molecule has 1 aromatic rings. The number of urea groups is 1. The summed E-state index contributed by atoms with van der Waals surface area (Å²) in [6.07, 6.45) is 7.30. The zero-order chi connectivity index (χ0) is 17.2. The lowest BCUT2D eigenvalue weighted by Gasteiger charge is -2.48. The van der Waals surface area contributed by atoms with E-state index in [4.69, 9.17) is 11.6 Å². The minimum absolute atomic E-state index is 0.00425. The third-order valence-electron chi connectivity index (χ3n) is 5.65. The highest BCUT2D eigenvalue weighted by Crippen LogP contribution is 2.47. The lowest BCUT2D eigenvalue weighted by atomic mass is 9.64. The number of hydrogen-bond donors (Lipinski definition) is 1. The van der Waals surface area contributed by atoms with Gasteiger partial charge in [0.2, 0.25) is 0 Å². The number of likely N-dealkylation sites (tertiary alicyclic amines) is 1. The Morgan fingerprint density at radius 1 is 1.29 bits per heavy atom. The van der Waals surface area contributed by atoms with Crippen molar-refractivity contribution in [2.24, 2.45) is 10.8 Å². The van der Waals surface area contributed by atoms with E-state index in [1.807, 2.05) is 23.1 Å². The van der Waals surface area contributed by atoms with E-state index < -0.39 is 0 Å². The van der Waals surface area contributed by atoms with Crippen LogP contribution in [0.3, 0.4) is 0 Å². The molecule has 1 aliphatic heterocycles. The van der Waals surface area contributed by atoms with Crippen molar-refractivity contribution in [3.8, 4) is 0 Å². The first-order valence-electron chi connectivity index (χ1n) is 9.15. The molecule has 132 valence electrons. The number of benzene rings is 1. The maximum Gasteiger partial charge on any atom is 0.317 e. The molecule has 1 spiro atoms. The Morgan fingerprint density at radius 2 is 2.04 bits per heavy atom. The number of nitrogens with one attached hydrogen (secondary N) is 1. The summed E-state index contributed by atoms with van der Waals surface area (Å²) in [7, 11) is 0. The predicted molar refractivity (Wildman–Crippen MR) is 99.4 cm³/mol. The van der Waals surface area contributed by atoms with Crippen LogP contribution in [0.1, 0.15) is 51.5 Å². The molecule has 3 nitrogen and oxygen atoms in total. The summed E-state index contributed by atoms with van der Waals surface area (Å²) >= 11 is 6.07. The fourth-order valence-corrected chi connectivity index (χ4v) is 4.37. The summed E-state index contributed by atoms with van der Waals surface area (Å²) in [5.74, 6) is 0. The molecule has 1 aliphatic carbocycles. The van der Waals surface area contributed by atoms with Gasteiger partial charge in [-0.15, -0.1) is 0 Å². The second-order valence-corrected chi connectivity index (χ2v) is 8.94. The Balaban J connectivity index is 1.51. The van der Waals surface area contributed by atoms with E-state index in [-0.39, 0.29) is 11.4 Å². The quantitative estimate of drug-likeness (QED) is 0.825. The van der Waals surface area contributed by atoms with Crippen molar-refractivity contribution in [1.29, 1.82) is 0 Å². The fraction of sp³-hybridized carbons (Fsp3) is 0.650. The van der Waals surface area contributed by atoms with E-state index in [2.05, 4.69) is 25.2 Å². The van der Waals surface area contributed by atoms with E-state index in [1.54, 1.807) is 0 Å².